The second-order valence-corrected chi connectivity index (χ2v) is 7.57. The molecule has 7 heteroatoms. The largest absolute Gasteiger partial charge is 0.493 e. The van der Waals surface area contributed by atoms with Crippen LogP contribution < -0.4 is 19.5 Å². The maximum absolute atomic E-state index is 12.4. The van der Waals surface area contributed by atoms with Gasteiger partial charge >= 0.3 is 0 Å². The minimum Gasteiger partial charge on any atom is -0.493 e. The minimum absolute atomic E-state index is 0.0906. The number of nitrogens with zero attached hydrogens (tertiary/aromatic N) is 1. The highest BCUT2D eigenvalue weighted by Gasteiger charge is 2.15. The Balaban J connectivity index is 1.66. The number of methoxy groups -OCH3 is 3. The van der Waals surface area contributed by atoms with Gasteiger partial charge in [0.1, 0.15) is 0 Å². The van der Waals surface area contributed by atoms with Gasteiger partial charge in [-0.25, -0.2) is 4.98 Å². The van der Waals surface area contributed by atoms with Crippen LogP contribution in [0.4, 0.5) is 5.13 Å². The quantitative estimate of drug-likeness (QED) is 0.580. The fourth-order valence-electron chi connectivity index (χ4n) is 3.03. The van der Waals surface area contributed by atoms with Gasteiger partial charge in [-0.2, -0.15) is 0 Å². The zero-order chi connectivity index (χ0) is 20.8. The maximum atomic E-state index is 12.4. The van der Waals surface area contributed by atoms with Gasteiger partial charge in [-0.3, -0.25) is 4.79 Å². The van der Waals surface area contributed by atoms with Crippen LogP contribution in [0.5, 0.6) is 17.2 Å². The summed E-state index contributed by atoms with van der Waals surface area (Å²) in [5.41, 5.74) is 2.87. The highest BCUT2D eigenvalue weighted by atomic mass is 32.1. The minimum atomic E-state index is -0.0906. The van der Waals surface area contributed by atoms with Crippen molar-refractivity contribution in [2.75, 3.05) is 26.6 Å². The molecule has 2 aromatic carbocycles. The third-order valence-electron chi connectivity index (χ3n) is 4.46. The fourth-order valence-corrected chi connectivity index (χ4v) is 3.89. The van der Waals surface area contributed by atoms with E-state index in [2.05, 4.69) is 10.3 Å². The number of aromatic nitrogens is 1. The highest BCUT2D eigenvalue weighted by Crippen LogP contribution is 2.38. The molecule has 1 heterocycles. The van der Waals surface area contributed by atoms with Crippen molar-refractivity contribution in [3.8, 4) is 28.5 Å². The number of carbonyl (C=O) groups excluding carboxylic acids is 1. The van der Waals surface area contributed by atoms with E-state index in [9.17, 15) is 4.79 Å². The van der Waals surface area contributed by atoms with Gasteiger partial charge in [0.15, 0.2) is 16.6 Å². The van der Waals surface area contributed by atoms with Crippen LogP contribution >= 0.6 is 11.3 Å². The van der Waals surface area contributed by atoms with Crippen LogP contribution in [0.2, 0.25) is 0 Å². The van der Waals surface area contributed by atoms with E-state index in [0.717, 1.165) is 21.7 Å². The molecule has 0 atom stereocenters. The number of aryl methyl sites for hydroxylation is 2. The van der Waals surface area contributed by atoms with Crippen molar-refractivity contribution in [2.24, 2.45) is 0 Å². The molecule has 0 unspecified atom stereocenters. The molecule has 0 spiro atoms. The first-order chi connectivity index (χ1) is 14.0. The summed E-state index contributed by atoms with van der Waals surface area (Å²) in [6.07, 6.45) is 0.858. The fraction of sp³-hybridized carbons (Fsp3) is 0.273. The van der Waals surface area contributed by atoms with Crippen LogP contribution in [0.1, 0.15) is 16.9 Å². The first kappa shape index (κ1) is 20.7. The van der Waals surface area contributed by atoms with Crippen molar-refractivity contribution >= 4 is 22.4 Å². The van der Waals surface area contributed by atoms with E-state index >= 15 is 0 Å². The molecule has 0 aliphatic rings. The number of carbonyl (C=O) groups is 1. The molecule has 1 amide bonds. The number of hydrogen-bond donors (Lipinski definition) is 1. The van der Waals surface area contributed by atoms with Crippen LogP contribution in [-0.4, -0.2) is 32.2 Å². The van der Waals surface area contributed by atoms with Crippen molar-refractivity contribution in [1.29, 1.82) is 0 Å². The van der Waals surface area contributed by atoms with Crippen molar-refractivity contribution in [3.05, 3.63) is 52.9 Å². The summed E-state index contributed by atoms with van der Waals surface area (Å²) in [4.78, 5) is 18.1. The van der Waals surface area contributed by atoms with Crippen LogP contribution in [0.25, 0.3) is 11.3 Å². The molecular weight excluding hydrogens is 388 g/mol. The number of thiazole rings is 1. The predicted molar refractivity (Wildman–Crippen MR) is 115 cm³/mol. The average Bonchev–Trinajstić information content (AvgIpc) is 3.11. The van der Waals surface area contributed by atoms with Crippen molar-refractivity contribution in [2.45, 2.75) is 19.8 Å². The van der Waals surface area contributed by atoms with Crippen LogP contribution in [0.15, 0.2) is 42.5 Å². The van der Waals surface area contributed by atoms with Crippen molar-refractivity contribution < 1.29 is 19.0 Å². The van der Waals surface area contributed by atoms with E-state index < -0.39 is 0 Å². The number of nitrogens with one attached hydrogen (secondary N) is 1. The Morgan fingerprint density at radius 1 is 1.03 bits per heavy atom. The molecule has 3 rings (SSSR count). The molecule has 152 valence electrons. The summed E-state index contributed by atoms with van der Waals surface area (Å²) >= 11 is 1.48. The highest BCUT2D eigenvalue weighted by molar-refractivity contribution is 7.16. The predicted octanol–water partition coefficient (Wildman–Crippen LogP) is 4.72. The van der Waals surface area contributed by atoms with Crippen LogP contribution in [-0.2, 0) is 11.2 Å². The third kappa shape index (κ3) is 4.86. The average molecular weight is 413 g/mol. The van der Waals surface area contributed by atoms with E-state index in [-0.39, 0.29) is 5.91 Å². The monoisotopic (exact) mass is 412 g/mol. The molecule has 0 radical (unpaired) electrons. The molecule has 0 saturated heterocycles. The van der Waals surface area contributed by atoms with Crippen LogP contribution in [0.3, 0.4) is 0 Å². The Labute approximate surface area is 174 Å². The van der Waals surface area contributed by atoms with Crippen molar-refractivity contribution in [3.63, 3.8) is 0 Å². The molecule has 1 aromatic heterocycles. The van der Waals surface area contributed by atoms with E-state index in [1.54, 1.807) is 21.3 Å². The Morgan fingerprint density at radius 2 is 1.69 bits per heavy atom. The molecule has 0 aliphatic carbocycles. The zero-order valence-corrected chi connectivity index (χ0v) is 17.8. The number of amides is 1. The Hall–Kier alpha value is -3.06. The Kier molecular flexibility index (Phi) is 6.72. The standard InChI is InChI=1S/C22H24N2O4S/c1-14-20(16-8-6-5-7-9-16)24-22(29-14)23-19(25)11-10-15-12-17(26-2)21(28-4)18(13-15)27-3/h5-9,12-13H,10-11H2,1-4H3,(H,23,24,25). The molecule has 29 heavy (non-hydrogen) atoms. The molecule has 0 bridgehead atoms. The zero-order valence-electron chi connectivity index (χ0n) is 16.9. The lowest BCUT2D eigenvalue weighted by atomic mass is 10.1. The molecule has 0 aliphatic heterocycles. The van der Waals surface area contributed by atoms with Crippen molar-refractivity contribution in [1.82, 2.24) is 4.98 Å². The lowest BCUT2D eigenvalue weighted by molar-refractivity contribution is -0.116. The second-order valence-electron chi connectivity index (χ2n) is 6.37. The summed E-state index contributed by atoms with van der Waals surface area (Å²) in [5.74, 6) is 1.60. The molecule has 1 N–H and O–H groups in total. The van der Waals surface area contributed by atoms with Gasteiger partial charge < -0.3 is 19.5 Å². The Bertz CT molecular complexity index is 961. The van der Waals surface area contributed by atoms with Gasteiger partial charge in [0.05, 0.1) is 27.0 Å². The smallest absolute Gasteiger partial charge is 0.226 e. The van der Waals surface area contributed by atoms with E-state index in [0.29, 0.717) is 35.2 Å². The van der Waals surface area contributed by atoms with Gasteiger partial charge in [0, 0.05) is 16.9 Å². The molecule has 0 saturated carbocycles. The van der Waals surface area contributed by atoms with Gasteiger partial charge in [-0.1, -0.05) is 30.3 Å². The molecule has 0 fully saturated rings. The Morgan fingerprint density at radius 3 is 2.28 bits per heavy atom. The molecular formula is C22H24N2O4S. The number of hydrogen-bond acceptors (Lipinski definition) is 6. The lowest BCUT2D eigenvalue weighted by Crippen LogP contribution is -2.12. The second kappa shape index (κ2) is 9.43. The van der Waals surface area contributed by atoms with Gasteiger partial charge in [0.25, 0.3) is 0 Å². The summed E-state index contributed by atoms with van der Waals surface area (Å²) in [7, 11) is 4.71. The maximum Gasteiger partial charge on any atom is 0.226 e. The van der Waals surface area contributed by atoms with Gasteiger partial charge in [-0.15, -0.1) is 11.3 Å². The van der Waals surface area contributed by atoms with E-state index in [1.807, 2.05) is 49.4 Å². The SMILES string of the molecule is COc1cc(CCC(=O)Nc2nc(-c3ccccc3)c(C)s2)cc(OC)c1OC. The lowest BCUT2D eigenvalue weighted by Gasteiger charge is -2.14. The molecule has 6 nitrogen and oxygen atoms in total. The third-order valence-corrected chi connectivity index (χ3v) is 5.34. The normalized spacial score (nSPS) is 10.5. The first-order valence-corrected chi connectivity index (χ1v) is 9.99. The summed E-state index contributed by atoms with van der Waals surface area (Å²) < 4.78 is 16.1. The van der Waals surface area contributed by atoms with E-state index in [4.69, 9.17) is 14.2 Å². The number of ether oxygens (including phenoxy) is 3. The van der Waals surface area contributed by atoms with Gasteiger partial charge in [-0.05, 0) is 31.0 Å². The summed E-state index contributed by atoms with van der Waals surface area (Å²) in [5, 5.41) is 3.51. The first-order valence-electron chi connectivity index (χ1n) is 9.17. The molecule has 3 aromatic rings. The van der Waals surface area contributed by atoms with Gasteiger partial charge in [0.2, 0.25) is 11.7 Å². The van der Waals surface area contributed by atoms with Crippen LogP contribution in [0, 0.1) is 6.92 Å². The van der Waals surface area contributed by atoms with E-state index in [1.165, 1.54) is 11.3 Å². The number of rotatable bonds is 8. The summed E-state index contributed by atoms with van der Waals surface area (Å²) in [6, 6.07) is 13.7. The summed E-state index contributed by atoms with van der Waals surface area (Å²) in [6.45, 7) is 2.01. The topological polar surface area (TPSA) is 69.7 Å². The number of anilines is 1. The number of benzene rings is 2.